The molecule has 2 aromatic rings. The summed E-state index contributed by atoms with van der Waals surface area (Å²) in [5, 5.41) is 3.63. The molecule has 0 unspecified atom stereocenters. The molecule has 1 aliphatic heterocycles. The van der Waals surface area contributed by atoms with E-state index in [1.165, 1.54) is 5.56 Å². The number of nitrogens with one attached hydrogen (secondary N) is 1. The second-order valence-electron chi connectivity index (χ2n) is 6.57. The number of para-hydroxylation sites is 2. The Balaban J connectivity index is 1.88. The standard InChI is InChI=1S/C21H26N2O/c1-3-4-14-21(24)23-16(2)15-19(18-12-8-9-13-20(18)23)22-17-10-6-5-7-11-17/h5-13,16,19,22H,3-4,14-15H2,1-2H3/t16-,19-/m1/s1. The average molecular weight is 322 g/mol. The van der Waals surface area contributed by atoms with Crippen molar-refractivity contribution in [3.8, 4) is 0 Å². The van der Waals surface area contributed by atoms with Crippen LogP contribution in [-0.4, -0.2) is 11.9 Å². The van der Waals surface area contributed by atoms with Gasteiger partial charge in [-0.3, -0.25) is 4.79 Å². The molecule has 24 heavy (non-hydrogen) atoms. The number of amides is 1. The third kappa shape index (κ3) is 3.45. The monoisotopic (exact) mass is 322 g/mol. The molecule has 0 saturated carbocycles. The maximum absolute atomic E-state index is 12.7. The predicted molar refractivity (Wildman–Crippen MR) is 100 cm³/mol. The van der Waals surface area contributed by atoms with E-state index >= 15 is 0 Å². The first-order valence-electron chi connectivity index (χ1n) is 8.93. The normalized spacial score (nSPS) is 19.7. The Bertz CT molecular complexity index is 683. The number of unbranched alkanes of at least 4 members (excludes halogenated alkanes) is 1. The van der Waals surface area contributed by atoms with E-state index in [0.29, 0.717) is 6.42 Å². The lowest BCUT2D eigenvalue weighted by molar-refractivity contribution is -0.119. The van der Waals surface area contributed by atoms with Crippen LogP contribution in [0.2, 0.25) is 0 Å². The van der Waals surface area contributed by atoms with E-state index in [-0.39, 0.29) is 18.0 Å². The van der Waals surface area contributed by atoms with Crippen LogP contribution in [0.5, 0.6) is 0 Å². The van der Waals surface area contributed by atoms with Crippen molar-refractivity contribution in [1.29, 1.82) is 0 Å². The molecule has 0 radical (unpaired) electrons. The van der Waals surface area contributed by atoms with Gasteiger partial charge in [0.05, 0.1) is 6.04 Å². The van der Waals surface area contributed by atoms with Gasteiger partial charge in [-0.15, -0.1) is 0 Å². The molecule has 0 aromatic heterocycles. The Labute approximate surface area is 144 Å². The molecule has 0 spiro atoms. The van der Waals surface area contributed by atoms with E-state index in [9.17, 15) is 4.79 Å². The van der Waals surface area contributed by atoms with Gasteiger partial charge in [0.25, 0.3) is 0 Å². The molecular formula is C21H26N2O. The lowest BCUT2D eigenvalue weighted by atomic mass is 9.91. The van der Waals surface area contributed by atoms with Gasteiger partial charge in [-0.2, -0.15) is 0 Å². The highest BCUT2D eigenvalue weighted by Gasteiger charge is 2.33. The summed E-state index contributed by atoms with van der Waals surface area (Å²) in [4.78, 5) is 14.7. The van der Waals surface area contributed by atoms with Crippen LogP contribution in [-0.2, 0) is 4.79 Å². The minimum Gasteiger partial charge on any atom is -0.378 e. The zero-order chi connectivity index (χ0) is 16.9. The molecule has 3 heteroatoms. The summed E-state index contributed by atoms with van der Waals surface area (Å²) in [6, 6.07) is 19.0. The Kier molecular flexibility index (Phi) is 5.19. The minimum atomic E-state index is 0.200. The van der Waals surface area contributed by atoms with Crippen molar-refractivity contribution >= 4 is 17.3 Å². The largest absolute Gasteiger partial charge is 0.378 e. The fourth-order valence-corrected chi connectivity index (χ4v) is 3.51. The van der Waals surface area contributed by atoms with Crippen molar-refractivity contribution in [3.05, 3.63) is 60.2 Å². The summed E-state index contributed by atoms with van der Waals surface area (Å²) in [5.41, 5.74) is 3.39. The van der Waals surface area contributed by atoms with Crippen LogP contribution < -0.4 is 10.2 Å². The molecule has 2 aromatic carbocycles. The Hall–Kier alpha value is -2.29. The molecule has 1 N–H and O–H groups in total. The summed E-state index contributed by atoms with van der Waals surface area (Å²) >= 11 is 0. The van der Waals surface area contributed by atoms with Gasteiger partial charge in [-0.05, 0) is 43.5 Å². The zero-order valence-corrected chi connectivity index (χ0v) is 14.5. The van der Waals surface area contributed by atoms with E-state index in [0.717, 1.165) is 30.6 Å². The highest BCUT2D eigenvalue weighted by atomic mass is 16.2. The summed E-state index contributed by atoms with van der Waals surface area (Å²) in [5.74, 6) is 0.245. The van der Waals surface area contributed by atoms with Crippen molar-refractivity contribution < 1.29 is 4.79 Å². The molecule has 126 valence electrons. The summed E-state index contributed by atoms with van der Waals surface area (Å²) in [6.07, 6.45) is 3.55. The van der Waals surface area contributed by atoms with Gasteiger partial charge >= 0.3 is 0 Å². The molecule has 0 fully saturated rings. The van der Waals surface area contributed by atoms with E-state index < -0.39 is 0 Å². The van der Waals surface area contributed by atoms with E-state index in [1.54, 1.807) is 0 Å². The van der Waals surface area contributed by atoms with Crippen molar-refractivity contribution in [2.75, 3.05) is 10.2 Å². The van der Waals surface area contributed by atoms with Crippen molar-refractivity contribution in [1.82, 2.24) is 0 Å². The molecule has 1 heterocycles. The van der Waals surface area contributed by atoms with Crippen LogP contribution >= 0.6 is 0 Å². The highest BCUT2D eigenvalue weighted by Crippen LogP contribution is 2.39. The first-order chi connectivity index (χ1) is 11.7. The van der Waals surface area contributed by atoms with E-state index in [2.05, 4.69) is 49.5 Å². The number of fused-ring (bicyclic) bond motifs is 1. The number of anilines is 2. The second-order valence-corrected chi connectivity index (χ2v) is 6.57. The van der Waals surface area contributed by atoms with Gasteiger partial charge in [0.15, 0.2) is 0 Å². The molecule has 3 rings (SSSR count). The van der Waals surface area contributed by atoms with Crippen LogP contribution in [0, 0.1) is 0 Å². The Morgan fingerprint density at radius 1 is 1.12 bits per heavy atom. The molecule has 0 bridgehead atoms. The molecular weight excluding hydrogens is 296 g/mol. The fraction of sp³-hybridized carbons (Fsp3) is 0.381. The molecule has 2 atom stereocenters. The maximum atomic E-state index is 12.7. The van der Waals surface area contributed by atoms with Gasteiger partial charge in [0, 0.05) is 23.8 Å². The van der Waals surface area contributed by atoms with E-state index in [4.69, 9.17) is 0 Å². The van der Waals surface area contributed by atoms with Crippen molar-refractivity contribution in [2.45, 2.75) is 51.6 Å². The SMILES string of the molecule is CCCCC(=O)N1c2ccccc2[C@H](Nc2ccccc2)C[C@H]1C. The van der Waals surface area contributed by atoms with Crippen LogP contribution in [0.25, 0.3) is 0 Å². The topological polar surface area (TPSA) is 32.3 Å². The summed E-state index contributed by atoms with van der Waals surface area (Å²) < 4.78 is 0. The number of hydrogen-bond acceptors (Lipinski definition) is 2. The van der Waals surface area contributed by atoms with Crippen LogP contribution in [0.4, 0.5) is 11.4 Å². The van der Waals surface area contributed by atoms with Crippen LogP contribution in [0.3, 0.4) is 0 Å². The smallest absolute Gasteiger partial charge is 0.227 e. The quantitative estimate of drug-likeness (QED) is 0.825. The number of rotatable bonds is 5. The van der Waals surface area contributed by atoms with Gasteiger partial charge in [0.2, 0.25) is 5.91 Å². The van der Waals surface area contributed by atoms with Gasteiger partial charge < -0.3 is 10.2 Å². The van der Waals surface area contributed by atoms with E-state index in [1.807, 2.05) is 29.2 Å². The van der Waals surface area contributed by atoms with Gasteiger partial charge in [0.1, 0.15) is 0 Å². The number of benzene rings is 2. The average Bonchev–Trinajstić information content (AvgIpc) is 2.61. The molecule has 0 saturated heterocycles. The number of carbonyl (C=O) groups is 1. The maximum Gasteiger partial charge on any atom is 0.227 e. The zero-order valence-electron chi connectivity index (χ0n) is 14.5. The Morgan fingerprint density at radius 2 is 1.83 bits per heavy atom. The molecule has 1 amide bonds. The first kappa shape index (κ1) is 16.6. The third-order valence-electron chi connectivity index (χ3n) is 4.72. The van der Waals surface area contributed by atoms with Gasteiger partial charge in [-0.1, -0.05) is 49.7 Å². The third-order valence-corrected chi connectivity index (χ3v) is 4.72. The van der Waals surface area contributed by atoms with Gasteiger partial charge in [-0.25, -0.2) is 0 Å². The summed E-state index contributed by atoms with van der Waals surface area (Å²) in [6.45, 7) is 4.28. The van der Waals surface area contributed by atoms with Crippen molar-refractivity contribution in [3.63, 3.8) is 0 Å². The number of carbonyl (C=O) groups excluding carboxylic acids is 1. The van der Waals surface area contributed by atoms with Crippen molar-refractivity contribution in [2.24, 2.45) is 0 Å². The highest BCUT2D eigenvalue weighted by molar-refractivity contribution is 5.95. The number of hydrogen-bond donors (Lipinski definition) is 1. The second kappa shape index (κ2) is 7.52. The lowest BCUT2D eigenvalue weighted by Gasteiger charge is -2.40. The Morgan fingerprint density at radius 3 is 2.58 bits per heavy atom. The fourth-order valence-electron chi connectivity index (χ4n) is 3.51. The van der Waals surface area contributed by atoms with Crippen LogP contribution in [0.1, 0.15) is 51.1 Å². The number of nitrogens with zero attached hydrogens (tertiary/aromatic N) is 1. The van der Waals surface area contributed by atoms with Crippen LogP contribution in [0.15, 0.2) is 54.6 Å². The molecule has 1 aliphatic rings. The molecule has 0 aliphatic carbocycles. The minimum absolute atomic E-state index is 0.200. The summed E-state index contributed by atoms with van der Waals surface area (Å²) in [7, 11) is 0. The molecule has 3 nitrogen and oxygen atoms in total. The lowest BCUT2D eigenvalue weighted by Crippen LogP contribution is -2.44. The first-order valence-corrected chi connectivity index (χ1v) is 8.93. The predicted octanol–water partition coefficient (Wildman–Crippen LogP) is 5.16.